The van der Waals surface area contributed by atoms with Crippen LogP contribution in [0, 0.1) is 5.82 Å². The molecular weight excluding hydrogens is 302 g/mol. The van der Waals surface area contributed by atoms with E-state index in [1.807, 2.05) is 0 Å². The molecular formula is C14H13F4N3O. The normalized spacial score (nSPS) is 11.5. The first kappa shape index (κ1) is 16.0. The van der Waals surface area contributed by atoms with E-state index in [0.29, 0.717) is 5.56 Å². The molecule has 0 saturated carbocycles. The van der Waals surface area contributed by atoms with Crippen LogP contribution in [0.5, 0.6) is 0 Å². The molecule has 2 aromatic rings. The van der Waals surface area contributed by atoms with Crippen LogP contribution in [-0.4, -0.2) is 27.6 Å². The van der Waals surface area contributed by atoms with Crippen molar-refractivity contribution in [1.82, 2.24) is 14.7 Å². The molecule has 22 heavy (non-hydrogen) atoms. The SMILES string of the molecule is CN(Cc1ccc(F)cc1)C(=O)Cn1ccc(C(F)(F)F)n1. The van der Waals surface area contributed by atoms with Crippen molar-refractivity contribution in [2.24, 2.45) is 0 Å². The van der Waals surface area contributed by atoms with Gasteiger partial charge in [-0.15, -0.1) is 0 Å². The zero-order chi connectivity index (χ0) is 16.3. The number of likely N-dealkylation sites (N-methyl/N-ethyl adjacent to an activating group) is 1. The molecule has 0 fully saturated rings. The molecule has 4 nitrogen and oxygen atoms in total. The highest BCUT2D eigenvalue weighted by molar-refractivity contribution is 5.75. The molecule has 0 spiro atoms. The molecule has 0 saturated heterocycles. The van der Waals surface area contributed by atoms with E-state index in [1.54, 1.807) is 0 Å². The number of benzene rings is 1. The van der Waals surface area contributed by atoms with Crippen LogP contribution in [0.15, 0.2) is 36.5 Å². The van der Waals surface area contributed by atoms with E-state index in [-0.39, 0.29) is 18.9 Å². The number of carbonyl (C=O) groups excluding carboxylic acids is 1. The van der Waals surface area contributed by atoms with Gasteiger partial charge in [0.25, 0.3) is 0 Å². The lowest BCUT2D eigenvalue weighted by Crippen LogP contribution is -2.30. The Morgan fingerprint density at radius 1 is 1.23 bits per heavy atom. The van der Waals surface area contributed by atoms with Crippen molar-refractivity contribution in [3.8, 4) is 0 Å². The summed E-state index contributed by atoms with van der Waals surface area (Å²) in [5.41, 5.74) is -0.324. The molecule has 2 rings (SSSR count). The third-order valence-electron chi connectivity index (χ3n) is 2.99. The Labute approximate surface area is 124 Å². The minimum absolute atomic E-state index is 0.229. The fraction of sp³-hybridized carbons (Fsp3) is 0.286. The highest BCUT2D eigenvalue weighted by Crippen LogP contribution is 2.27. The minimum Gasteiger partial charge on any atom is -0.340 e. The van der Waals surface area contributed by atoms with Gasteiger partial charge >= 0.3 is 6.18 Å². The monoisotopic (exact) mass is 315 g/mol. The van der Waals surface area contributed by atoms with Crippen LogP contribution in [0.1, 0.15) is 11.3 Å². The molecule has 0 aliphatic heterocycles. The van der Waals surface area contributed by atoms with Gasteiger partial charge in [-0.25, -0.2) is 4.39 Å². The van der Waals surface area contributed by atoms with Crippen molar-refractivity contribution in [3.63, 3.8) is 0 Å². The van der Waals surface area contributed by atoms with Gasteiger partial charge in [0.1, 0.15) is 12.4 Å². The minimum atomic E-state index is -4.53. The predicted octanol–water partition coefficient (Wildman–Crippen LogP) is 2.70. The summed E-state index contributed by atoms with van der Waals surface area (Å²) < 4.78 is 51.0. The Morgan fingerprint density at radius 2 is 1.86 bits per heavy atom. The summed E-state index contributed by atoms with van der Waals surface area (Å²) in [6.07, 6.45) is -3.43. The van der Waals surface area contributed by atoms with Crippen LogP contribution in [0.25, 0.3) is 0 Å². The van der Waals surface area contributed by atoms with Crippen LogP contribution < -0.4 is 0 Å². The molecule has 1 amide bonds. The largest absolute Gasteiger partial charge is 0.435 e. The average Bonchev–Trinajstić information content (AvgIpc) is 2.90. The number of carbonyl (C=O) groups is 1. The molecule has 1 aromatic carbocycles. The molecule has 118 valence electrons. The number of alkyl halides is 3. The second-order valence-corrected chi connectivity index (χ2v) is 4.77. The van der Waals surface area contributed by atoms with Gasteiger partial charge in [0, 0.05) is 19.8 Å². The Kier molecular flexibility index (Phi) is 4.48. The highest BCUT2D eigenvalue weighted by Gasteiger charge is 2.33. The molecule has 0 unspecified atom stereocenters. The third-order valence-corrected chi connectivity index (χ3v) is 2.99. The van der Waals surface area contributed by atoms with Gasteiger partial charge in [-0.2, -0.15) is 18.3 Å². The highest BCUT2D eigenvalue weighted by atomic mass is 19.4. The van der Waals surface area contributed by atoms with E-state index in [4.69, 9.17) is 0 Å². The predicted molar refractivity (Wildman–Crippen MR) is 70.1 cm³/mol. The van der Waals surface area contributed by atoms with E-state index >= 15 is 0 Å². The van der Waals surface area contributed by atoms with Gasteiger partial charge in [-0.05, 0) is 23.8 Å². The summed E-state index contributed by atoms with van der Waals surface area (Å²) >= 11 is 0. The van der Waals surface area contributed by atoms with Crippen LogP contribution in [0.3, 0.4) is 0 Å². The summed E-state index contributed by atoms with van der Waals surface area (Å²) in [6.45, 7) is -0.0692. The third kappa shape index (κ3) is 4.06. The molecule has 0 N–H and O–H groups in total. The lowest BCUT2D eigenvalue weighted by molar-refractivity contribution is -0.142. The molecule has 0 bridgehead atoms. The average molecular weight is 315 g/mol. The van der Waals surface area contributed by atoms with E-state index < -0.39 is 17.8 Å². The van der Waals surface area contributed by atoms with Crippen LogP contribution in [0.2, 0.25) is 0 Å². The Balaban J connectivity index is 1.96. The van der Waals surface area contributed by atoms with Crippen molar-refractivity contribution in [1.29, 1.82) is 0 Å². The Bertz CT molecular complexity index is 649. The Morgan fingerprint density at radius 3 is 2.41 bits per heavy atom. The van der Waals surface area contributed by atoms with Crippen molar-refractivity contribution < 1.29 is 22.4 Å². The first-order valence-corrected chi connectivity index (χ1v) is 6.35. The summed E-state index contributed by atoms with van der Waals surface area (Å²) in [4.78, 5) is 13.3. The zero-order valence-corrected chi connectivity index (χ0v) is 11.6. The van der Waals surface area contributed by atoms with Crippen molar-refractivity contribution in [2.45, 2.75) is 19.3 Å². The number of rotatable bonds is 4. The molecule has 0 aliphatic rings. The first-order chi connectivity index (χ1) is 10.3. The lowest BCUT2D eigenvalue weighted by Gasteiger charge is -2.17. The van der Waals surface area contributed by atoms with E-state index in [0.717, 1.165) is 16.9 Å². The second-order valence-electron chi connectivity index (χ2n) is 4.77. The number of amides is 1. The summed E-state index contributed by atoms with van der Waals surface area (Å²) in [5, 5.41) is 3.32. The maximum absolute atomic E-state index is 12.8. The maximum Gasteiger partial charge on any atom is 0.435 e. The van der Waals surface area contributed by atoms with Crippen LogP contribution in [0.4, 0.5) is 17.6 Å². The molecule has 0 radical (unpaired) electrons. The van der Waals surface area contributed by atoms with Crippen LogP contribution in [-0.2, 0) is 24.1 Å². The van der Waals surface area contributed by atoms with Gasteiger partial charge in [-0.3, -0.25) is 9.48 Å². The van der Waals surface area contributed by atoms with E-state index in [9.17, 15) is 22.4 Å². The number of nitrogens with zero attached hydrogens (tertiary/aromatic N) is 3. The number of aromatic nitrogens is 2. The molecule has 0 atom stereocenters. The molecule has 1 aromatic heterocycles. The van der Waals surface area contributed by atoms with Crippen molar-refractivity contribution >= 4 is 5.91 Å². The molecule has 8 heteroatoms. The molecule has 1 heterocycles. The smallest absolute Gasteiger partial charge is 0.340 e. The fourth-order valence-corrected chi connectivity index (χ4v) is 1.81. The number of hydrogen-bond donors (Lipinski definition) is 0. The van der Waals surface area contributed by atoms with Crippen LogP contribution >= 0.6 is 0 Å². The van der Waals surface area contributed by atoms with Gasteiger partial charge < -0.3 is 4.90 Å². The first-order valence-electron chi connectivity index (χ1n) is 6.35. The molecule has 0 aliphatic carbocycles. The standard InChI is InChI=1S/C14H13F4N3O/c1-20(8-10-2-4-11(15)5-3-10)13(22)9-21-7-6-12(19-21)14(16,17)18/h2-7H,8-9H2,1H3. The van der Waals surface area contributed by atoms with Gasteiger partial charge in [0.2, 0.25) is 5.91 Å². The lowest BCUT2D eigenvalue weighted by atomic mass is 10.2. The zero-order valence-electron chi connectivity index (χ0n) is 11.6. The summed E-state index contributed by atoms with van der Waals surface area (Å²) in [5.74, 6) is -0.782. The van der Waals surface area contributed by atoms with Crippen molar-refractivity contribution in [3.05, 3.63) is 53.6 Å². The summed E-state index contributed by atoms with van der Waals surface area (Å²) in [6, 6.07) is 6.43. The maximum atomic E-state index is 12.8. The topological polar surface area (TPSA) is 38.1 Å². The Hall–Kier alpha value is -2.38. The fourth-order valence-electron chi connectivity index (χ4n) is 1.81. The number of halogens is 4. The second kappa shape index (κ2) is 6.17. The van der Waals surface area contributed by atoms with Crippen molar-refractivity contribution in [2.75, 3.05) is 7.05 Å². The quantitative estimate of drug-likeness (QED) is 0.814. The van der Waals surface area contributed by atoms with Gasteiger partial charge in [0.05, 0.1) is 0 Å². The van der Waals surface area contributed by atoms with E-state index in [2.05, 4.69) is 5.10 Å². The number of hydrogen-bond acceptors (Lipinski definition) is 2. The van der Waals surface area contributed by atoms with Gasteiger partial charge in [-0.1, -0.05) is 12.1 Å². The van der Waals surface area contributed by atoms with E-state index in [1.165, 1.54) is 36.2 Å². The van der Waals surface area contributed by atoms with Gasteiger partial charge in [0.15, 0.2) is 5.69 Å². The summed E-state index contributed by atoms with van der Waals surface area (Å²) in [7, 11) is 1.51.